The number of nitriles is 2. The van der Waals surface area contributed by atoms with Crippen LogP contribution in [0.1, 0.15) is 25.8 Å². The third-order valence-corrected chi connectivity index (χ3v) is 8.90. The zero-order valence-corrected chi connectivity index (χ0v) is 26.0. The lowest BCUT2D eigenvalue weighted by Crippen LogP contribution is -2.58. The molecular weight excluding hydrogens is 587 g/mol. The molecule has 6 rings (SSSR count). The van der Waals surface area contributed by atoms with Crippen LogP contribution in [0.2, 0.25) is 0 Å². The summed E-state index contributed by atoms with van der Waals surface area (Å²) in [6.07, 6.45) is -1.02. The van der Waals surface area contributed by atoms with Crippen molar-refractivity contribution in [3.05, 3.63) is 60.3 Å². The fourth-order valence-corrected chi connectivity index (χ4v) is 6.29. The summed E-state index contributed by atoms with van der Waals surface area (Å²) in [5, 5.41) is 22.1. The predicted octanol–water partition coefficient (Wildman–Crippen LogP) is 4.15. The van der Waals surface area contributed by atoms with Crippen LogP contribution < -0.4 is 15.0 Å². The number of anilines is 3. The standard InChI is InChI=1S/C34H37FN8O3/c1-34(2)22-43(31(44)9-11-36)19-28(35)32(34)46-29-8-3-23(17-24(29)18-37)33-38-12-10-30(40-33)39-25-4-6-26(7-5-25)41-13-15-42(16-14-41)27-20-45-21-27/h3-8,10,12,17,27-28,32H,9,13-16,19-22H2,1-2H3,(H,38,39,40)/t28-,32-/m0/s1. The Morgan fingerprint density at radius 2 is 1.87 bits per heavy atom. The van der Waals surface area contributed by atoms with Crippen molar-refractivity contribution >= 4 is 23.1 Å². The molecule has 3 aliphatic heterocycles. The number of hydrogen-bond acceptors (Lipinski definition) is 10. The molecule has 3 saturated heterocycles. The molecular formula is C34H37FN8O3. The quantitative estimate of drug-likeness (QED) is 0.390. The molecule has 1 amide bonds. The van der Waals surface area contributed by atoms with E-state index in [1.165, 1.54) is 10.6 Å². The van der Waals surface area contributed by atoms with Crippen molar-refractivity contribution in [2.24, 2.45) is 5.41 Å². The molecule has 0 aliphatic carbocycles. The summed E-state index contributed by atoms with van der Waals surface area (Å²) in [6.45, 7) is 9.44. The summed E-state index contributed by atoms with van der Waals surface area (Å²) < 4.78 is 26.8. The number of carbonyl (C=O) groups is 1. The lowest BCUT2D eigenvalue weighted by molar-refractivity contribution is -0.140. The van der Waals surface area contributed by atoms with Crippen LogP contribution in [0, 0.1) is 28.1 Å². The summed E-state index contributed by atoms with van der Waals surface area (Å²) in [4.78, 5) is 27.6. The van der Waals surface area contributed by atoms with Crippen LogP contribution in [0.15, 0.2) is 54.7 Å². The third kappa shape index (κ3) is 6.74. The lowest BCUT2D eigenvalue weighted by atomic mass is 9.80. The van der Waals surface area contributed by atoms with Gasteiger partial charge in [0.25, 0.3) is 0 Å². The zero-order valence-electron chi connectivity index (χ0n) is 26.0. The van der Waals surface area contributed by atoms with Gasteiger partial charge in [-0.2, -0.15) is 10.5 Å². The van der Waals surface area contributed by atoms with Gasteiger partial charge < -0.3 is 24.6 Å². The van der Waals surface area contributed by atoms with E-state index in [4.69, 9.17) is 14.7 Å². The van der Waals surface area contributed by atoms with Crippen LogP contribution in [0.3, 0.4) is 0 Å². The number of carbonyl (C=O) groups excluding carboxylic acids is 1. The summed E-state index contributed by atoms with van der Waals surface area (Å²) in [5.41, 5.74) is 2.16. The molecule has 4 heterocycles. The van der Waals surface area contributed by atoms with Crippen molar-refractivity contribution in [2.75, 3.05) is 62.7 Å². The van der Waals surface area contributed by atoms with Crippen molar-refractivity contribution < 1.29 is 18.7 Å². The fraction of sp³-hybridized carbons (Fsp3) is 0.441. The highest BCUT2D eigenvalue weighted by Gasteiger charge is 2.46. The van der Waals surface area contributed by atoms with E-state index in [1.807, 2.05) is 32.0 Å². The van der Waals surface area contributed by atoms with Crippen LogP contribution in [-0.2, 0) is 9.53 Å². The molecule has 0 spiro atoms. The summed E-state index contributed by atoms with van der Waals surface area (Å²) in [6, 6.07) is 19.6. The van der Waals surface area contributed by atoms with Gasteiger partial charge in [-0.05, 0) is 48.5 Å². The monoisotopic (exact) mass is 624 g/mol. The Balaban J connectivity index is 1.10. The molecule has 0 bridgehead atoms. The molecule has 11 nitrogen and oxygen atoms in total. The number of piperazine rings is 1. The minimum absolute atomic E-state index is 0.168. The van der Waals surface area contributed by atoms with Crippen molar-refractivity contribution in [3.63, 3.8) is 0 Å². The average molecular weight is 625 g/mol. The first-order valence-corrected chi connectivity index (χ1v) is 15.5. The topological polar surface area (TPSA) is 131 Å². The number of ether oxygens (including phenoxy) is 2. The first-order valence-electron chi connectivity index (χ1n) is 15.5. The Hall–Kier alpha value is -4.78. The minimum Gasteiger partial charge on any atom is -0.485 e. The lowest BCUT2D eigenvalue weighted by Gasteiger charge is -2.45. The maximum absolute atomic E-state index is 15.3. The van der Waals surface area contributed by atoms with Crippen LogP contribution in [0.5, 0.6) is 5.75 Å². The molecule has 2 atom stereocenters. The molecule has 12 heteroatoms. The van der Waals surface area contributed by atoms with Crippen LogP contribution in [0.25, 0.3) is 11.4 Å². The van der Waals surface area contributed by atoms with Crippen LogP contribution in [0.4, 0.5) is 21.6 Å². The number of halogens is 1. The largest absolute Gasteiger partial charge is 0.485 e. The van der Waals surface area contributed by atoms with E-state index in [0.29, 0.717) is 23.2 Å². The minimum atomic E-state index is -1.49. The van der Waals surface area contributed by atoms with Crippen LogP contribution >= 0.6 is 0 Å². The highest BCUT2D eigenvalue weighted by molar-refractivity contribution is 5.78. The van der Waals surface area contributed by atoms with Crippen LogP contribution in [-0.4, -0.2) is 96.5 Å². The van der Waals surface area contributed by atoms with Gasteiger partial charge in [0, 0.05) is 61.3 Å². The number of piperidine rings is 1. The number of nitrogens with zero attached hydrogens (tertiary/aromatic N) is 7. The van der Waals surface area contributed by atoms with E-state index in [2.05, 4.69) is 43.3 Å². The maximum Gasteiger partial charge on any atom is 0.236 e. The Labute approximate surface area is 268 Å². The first kappa shape index (κ1) is 31.2. The first-order chi connectivity index (χ1) is 22.2. The Bertz CT molecular complexity index is 1640. The zero-order chi connectivity index (χ0) is 32.3. The highest BCUT2D eigenvalue weighted by Crippen LogP contribution is 2.36. The van der Waals surface area contributed by atoms with Crippen molar-refractivity contribution in [2.45, 2.75) is 38.6 Å². The molecule has 3 aliphatic rings. The van der Waals surface area contributed by atoms with E-state index < -0.39 is 23.6 Å². The molecule has 3 aromatic rings. The highest BCUT2D eigenvalue weighted by atomic mass is 19.1. The van der Waals surface area contributed by atoms with E-state index >= 15 is 4.39 Å². The second-order valence-electron chi connectivity index (χ2n) is 12.6. The van der Waals surface area contributed by atoms with Gasteiger partial charge in [-0.3, -0.25) is 9.69 Å². The molecule has 1 aromatic heterocycles. The Kier molecular flexibility index (Phi) is 9.02. The Morgan fingerprint density at radius 1 is 1.11 bits per heavy atom. The fourth-order valence-electron chi connectivity index (χ4n) is 6.29. The number of likely N-dealkylation sites (tertiary alicyclic amines) is 1. The average Bonchev–Trinajstić information content (AvgIpc) is 3.03. The molecule has 238 valence electrons. The van der Waals surface area contributed by atoms with Gasteiger partial charge in [-0.15, -0.1) is 0 Å². The SMILES string of the molecule is CC1(C)CN(C(=O)CC#N)C[C@H](F)[C@@H]1Oc1ccc(-c2nccc(Nc3ccc(N4CCN(C5COC5)CC4)cc3)n2)cc1C#N. The van der Waals surface area contributed by atoms with Gasteiger partial charge in [0.1, 0.15) is 30.2 Å². The maximum atomic E-state index is 15.3. The number of benzene rings is 2. The number of alkyl halides is 1. The normalized spacial score (nSPS) is 21.5. The van der Waals surface area contributed by atoms with Crippen molar-refractivity contribution in [1.29, 1.82) is 10.5 Å². The van der Waals surface area contributed by atoms with Gasteiger partial charge in [-0.1, -0.05) is 13.8 Å². The number of aromatic nitrogens is 2. The van der Waals surface area contributed by atoms with E-state index in [1.54, 1.807) is 30.5 Å². The smallest absolute Gasteiger partial charge is 0.236 e. The van der Waals surface area contributed by atoms with Crippen molar-refractivity contribution in [3.8, 4) is 29.3 Å². The second kappa shape index (κ2) is 13.3. The van der Waals surface area contributed by atoms with Crippen molar-refractivity contribution in [1.82, 2.24) is 19.8 Å². The number of amides is 1. The van der Waals surface area contributed by atoms with Gasteiger partial charge in [0.15, 0.2) is 12.0 Å². The van der Waals surface area contributed by atoms with Gasteiger partial charge in [0.2, 0.25) is 5.91 Å². The molecule has 0 unspecified atom stereocenters. The number of nitrogens with one attached hydrogen (secondary N) is 1. The van der Waals surface area contributed by atoms with E-state index in [0.717, 1.165) is 45.1 Å². The van der Waals surface area contributed by atoms with E-state index in [-0.39, 0.29) is 30.8 Å². The Morgan fingerprint density at radius 3 is 2.52 bits per heavy atom. The van der Waals surface area contributed by atoms with E-state index in [9.17, 15) is 10.1 Å². The predicted molar refractivity (Wildman–Crippen MR) is 170 cm³/mol. The molecule has 0 radical (unpaired) electrons. The summed E-state index contributed by atoms with van der Waals surface area (Å²) >= 11 is 0. The van der Waals surface area contributed by atoms with Gasteiger partial charge in [0.05, 0.1) is 37.4 Å². The summed E-state index contributed by atoms with van der Waals surface area (Å²) in [7, 11) is 0. The summed E-state index contributed by atoms with van der Waals surface area (Å²) in [5.74, 6) is 0.869. The number of rotatable bonds is 8. The molecule has 0 saturated carbocycles. The molecule has 1 N–H and O–H groups in total. The molecule has 3 fully saturated rings. The second-order valence-corrected chi connectivity index (χ2v) is 12.6. The molecule has 2 aromatic carbocycles. The third-order valence-electron chi connectivity index (χ3n) is 8.90. The molecule has 46 heavy (non-hydrogen) atoms. The number of hydrogen-bond donors (Lipinski definition) is 1. The van der Waals surface area contributed by atoms with Gasteiger partial charge in [-0.25, -0.2) is 14.4 Å². The van der Waals surface area contributed by atoms with Gasteiger partial charge >= 0.3 is 0 Å².